The van der Waals surface area contributed by atoms with Crippen molar-refractivity contribution in [3.05, 3.63) is 54.1 Å². The Kier molecular flexibility index (Phi) is 14.2. The van der Waals surface area contributed by atoms with E-state index in [2.05, 4.69) is 35.3 Å². The van der Waals surface area contributed by atoms with Gasteiger partial charge in [-0.05, 0) is 51.4 Å². The molecule has 0 heterocycles. The lowest BCUT2D eigenvalue weighted by atomic mass is 10.1. The fraction of sp³-hybridized carbons (Fsp3) is 0.440. The van der Waals surface area contributed by atoms with E-state index in [1.165, 1.54) is 18.3 Å². The van der Waals surface area contributed by atoms with Crippen LogP contribution in [0.1, 0.15) is 39.0 Å². The third-order valence-corrected chi connectivity index (χ3v) is 4.74. The molecule has 2 rings (SSSR count). The highest BCUT2D eigenvalue weighted by Crippen LogP contribution is 2.25. The summed E-state index contributed by atoms with van der Waals surface area (Å²) in [7, 11) is 4.08. The van der Waals surface area contributed by atoms with E-state index in [9.17, 15) is 4.79 Å². The van der Waals surface area contributed by atoms with Crippen LogP contribution in [0.5, 0.6) is 5.75 Å². The van der Waals surface area contributed by atoms with Gasteiger partial charge >= 0.3 is 0 Å². The van der Waals surface area contributed by atoms with Gasteiger partial charge in [-0.15, -0.1) is 0 Å². The third kappa shape index (κ3) is 10.9. The molecule has 2 amide bonds. The van der Waals surface area contributed by atoms with Crippen LogP contribution in [0.15, 0.2) is 54.1 Å². The van der Waals surface area contributed by atoms with Crippen molar-refractivity contribution in [2.75, 3.05) is 33.8 Å². The van der Waals surface area contributed by atoms with Crippen molar-refractivity contribution in [2.45, 2.75) is 39.0 Å². The van der Waals surface area contributed by atoms with E-state index in [0.29, 0.717) is 18.7 Å². The summed E-state index contributed by atoms with van der Waals surface area (Å²) in [6, 6.07) is 14.2. The van der Waals surface area contributed by atoms with Crippen LogP contribution in [0.2, 0.25) is 0 Å². The number of fused-ring (bicyclic) bond motifs is 1. The van der Waals surface area contributed by atoms with Gasteiger partial charge in [0.1, 0.15) is 12.4 Å². The number of carbonyl (C=O) groups excluding carboxylic acids is 2. The van der Waals surface area contributed by atoms with Crippen molar-refractivity contribution in [3.63, 3.8) is 0 Å². The van der Waals surface area contributed by atoms with Gasteiger partial charge in [0, 0.05) is 11.9 Å². The van der Waals surface area contributed by atoms with Gasteiger partial charge in [-0.1, -0.05) is 62.2 Å². The summed E-state index contributed by atoms with van der Waals surface area (Å²) in [5.74, 6) is 0.799. The number of rotatable bonds is 13. The molecule has 0 aliphatic rings. The molecule has 0 radical (unpaired) electrons. The standard InChI is InChI=1S/C24H34N2O2.CH3NO2/c1-4-5-6-7-13-21(24(27)25-17-11-18-26(2)3)19-28-23-16-10-14-20-12-8-9-15-22(20)23;3-1-2-4/h8-10,12-16H,4-7,11,17-19H2,1-3H3,(H,25,27);1,4H,(H,2,3)/b21-13+;. The molecule has 2 aromatic rings. The smallest absolute Gasteiger partial charge is 0.250 e. The van der Waals surface area contributed by atoms with E-state index in [0.717, 1.165) is 42.3 Å². The number of allylic oxidation sites excluding steroid dienone is 1. The first-order valence-corrected chi connectivity index (χ1v) is 11.1. The Hall–Kier alpha value is -2.90. The molecular formula is C25H37N3O4. The van der Waals surface area contributed by atoms with Crippen molar-refractivity contribution < 1.29 is 19.5 Å². The van der Waals surface area contributed by atoms with Crippen molar-refractivity contribution >= 4 is 23.1 Å². The molecule has 0 spiro atoms. The Morgan fingerprint density at radius 2 is 1.81 bits per heavy atom. The van der Waals surface area contributed by atoms with Crippen LogP contribution in [-0.2, 0) is 9.59 Å². The first-order valence-electron chi connectivity index (χ1n) is 11.1. The van der Waals surface area contributed by atoms with Crippen LogP contribution in [-0.4, -0.2) is 56.2 Å². The molecule has 0 saturated carbocycles. The summed E-state index contributed by atoms with van der Waals surface area (Å²) in [6.45, 7) is 4.12. The second-order valence-electron chi connectivity index (χ2n) is 7.65. The molecule has 7 nitrogen and oxygen atoms in total. The van der Waals surface area contributed by atoms with Gasteiger partial charge in [0.25, 0.3) is 0 Å². The van der Waals surface area contributed by atoms with Crippen molar-refractivity contribution in [3.8, 4) is 5.75 Å². The largest absolute Gasteiger partial charge is 0.488 e. The number of nitrogens with zero attached hydrogens (tertiary/aromatic N) is 1. The highest BCUT2D eigenvalue weighted by molar-refractivity contribution is 5.94. The maximum Gasteiger partial charge on any atom is 0.250 e. The molecule has 176 valence electrons. The summed E-state index contributed by atoms with van der Waals surface area (Å²) >= 11 is 0. The number of carbonyl (C=O) groups is 2. The zero-order valence-corrected chi connectivity index (χ0v) is 19.5. The zero-order valence-electron chi connectivity index (χ0n) is 19.5. The topological polar surface area (TPSA) is 90.9 Å². The van der Waals surface area contributed by atoms with Crippen LogP contribution >= 0.6 is 0 Å². The number of benzene rings is 2. The lowest BCUT2D eigenvalue weighted by Crippen LogP contribution is -2.30. The number of hydrogen-bond donors (Lipinski definition) is 3. The monoisotopic (exact) mass is 443 g/mol. The number of hydrogen-bond acceptors (Lipinski definition) is 5. The molecule has 2 aromatic carbocycles. The van der Waals surface area contributed by atoms with Crippen molar-refractivity contribution in [1.82, 2.24) is 15.7 Å². The Morgan fingerprint density at radius 3 is 2.50 bits per heavy atom. The second kappa shape index (κ2) is 16.8. The summed E-state index contributed by atoms with van der Waals surface area (Å²) < 4.78 is 6.07. The minimum atomic E-state index is -0.0181. The average molecular weight is 444 g/mol. The van der Waals surface area contributed by atoms with Crippen molar-refractivity contribution in [1.29, 1.82) is 0 Å². The maximum absolute atomic E-state index is 12.7. The molecule has 7 heteroatoms. The SMILES string of the molecule is CCCCC/C=C(\COc1cccc2ccccc12)C(=O)NCCCN(C)C.O=CNO. The lowest BCUT2D eigenvalue weighted by molar-refractivity contribution is -0.118. The summed E-state index contributed by atoms with van der Waals surface area (Å²) in [6.07, 6.45) is 7.52. The predicted molar refractivity (Wildman–Crippen MR) is 129 cm³/mol. The Balaban J connectivity index is 0.00000118. The summed E-state index contributed by atoms with van der Waals surface area (Å²) in [4.78, 5) is 23.6. The van der Waals surface area contributed by atoms with Gasteiger partial charge in [-0.25, -0.2) is 5.48 Å². The Bertz CT molecular complexity index is 832. The van der Waals surface area contributed by atoms with Crippen LogP contribution in [0.25, 0.3) is 10.8 Å². The first-order chi connectivity index (χ1) is 15.5. The Labute approximate surface area is 191 Å². The van der Waals surface area contributed by atoms with E-state index < -0.39 is 0 Å². The molecule has 0 aliphatic carbocycles. The summed E-state index contributed by atoms with van der Waals surface area (Å²) in [5.41, 5.74) is 1.97. The zero-order chi connectivity index (χ0) is 23.6. The highest BCUT2D eigenvalue weighted by atomic mass is 16.5. The number of nitrogens with one attached hydrogen (secondary N) is 2. The number of unbranched alkanes of at least 4 members (excludes halogenated alkanes) is 3. The van der Waals surface area contributed by atoms with Gasteiger partial charge < -0.3 is 15.0 Å². The number of amides is 2. The number of ether oxygens (including phenoxy) is 1. The summed E-state index contributed by atoms with van der Waals surface area (Å²) in [5, 5.41) is 12.5. The molecular weight excluding hydrogens is 406 g/mol. The molecule has 32 heavy (non-hydrogen) atoms. The highest BCUT2D eigenvalue weighted by Gasteiger charge is 2.11. The van der Waals surface area contributed by atoms with Crippen LogP contribution < -0.4 is 15.5 Å². The molecule has 0 aliphatic heterocycles. The second-order valence-corrected chi connectivity index (χ2v) is 7.65. The maximum atomic E-state index is 12.7. The fourth-order valence-electron chi connectivity index (χ4n) is 3.08. The van der Waals surface area contributed by atoms with E-state index >= 15 is 0 Å². The molecule has 0 bridgehead atoms. The molecule has 0 saturated heterocycles. The van der Waals surface area contributed by atoms with Gasteiger partial charge in [0.2, 0.25) is 12.3 Å². The van der Waals surface area contributed by atoms with Gasteiger partial charge in [0.05, 0.1) is 5.57 Å². The van der Waals surface area contributed by atoms with E-state index in [-0.39, 0.29) is 12.3 Å². The molecule has 0 aromatic heterocycles. The minimum Gasteiger partial charge on any atom is -0.488 e. The third-order valence-electron chi connectivity index (χ3n) is 4.74. The predicted octanol–water partition coefficient (Wildman–Crippen LogP) is 3.91. The lowest BCUT2D eigenvalue weighted by Gasteiger charge is -2.14. The van der Waals surface area contributed by atoms with Crippen LogP contribution in [0.4, 0.5) is 0 Å². The van der Waals surface area contributed by atoms with E-state index in [1.54, 1.807) is 0 Å². The normalized spacial score (nSPS) is 11.0. The van der Waals surface area contributed by atoms with Crippen LogP contribution in [0.3, 0.4) is 0 Å². The molecule has 3 N–H and O–H groups in total. The van der Waals surface area contributed by atoms with Gasteiger partial charge in [0.15, 0.2) is 0 Å². The molecule has 0 fully saturated rings. The fourth-order valence-corrected chi connectivity index (χ4v) is 3.08. The van der Waals surface area contributed by atoms with Gasteiger partial charge in [-0.3, -0.25) is 14.8 Å². The van der Waals surface area contributed by atoms with Gasteiger partial charge in [-0.2, -0.15) is 0 Å². The van der Waals surface area contributed by atoms with Crippen molar-refractivity contribution in [2.24, 2.45) is 0 Å². The first kappa shape index (κ1) is 27.1. The molecule has 0 unspecified atom stereocenters. The van der Waals surface area contributed by atoms with E-state index in [4.69, 9.17) is 14.7 Å². The van der Waals surface area contributed by atoms with Crippen LogP contribution in [0, 0.1) is 0 Å². The quantitative estimate of drug-likeness (QED) is 0.144. The van der Waals surface area contributed by atoms with E-state index in [1.807, 2.05) is 44.4 Å². The minimum absolute atomic E-state index is 0.0181. The Morgan fingerprint density at radius 1 is 1.09 bits per heavy atom. The average Bonchev–Trinajstić information content (AvgIpc) is 2.81. The number of hydroxylamine groups is 1. The molecule has 0 atom stereocenters.